The van der Waals surface area contributed by atoms with E-state index in [0.29, 0.717) is 41.1 Å². The van der Waals surface area contributed by atoms with Gasteiger partial charge in [-0.2, -0.15) is 0 Å². The number of rotatable bonds is 7. The number of benzene rings is 2. The quantitative estimate of drug-likeness (QED) is 0.601. The summed E-state index contributed by atoms with van der Waals surface area (Å²) in [7, 11) is 3.83. The number of phenolic OH excluding ortho intramolecular Hbond substituents is 1. The van der Waals surface area contributed by atoms with Gasteiger partial charge in [-0.05, 0) is 32.3 Å². The number of likely N-dealkylation sites (N-methyl/N-ethyl adjacent to an activating group) is 1. The summed E-state index contributed by atoms with van der Waals surface area (Å²) in [6, 6.07) is 9.98. The number of nitrogens with zero attached hydrogens (tertiary/aromatic N) is 1. The van der Waals surface area contributed by atoms with Crippen molar-refractivity contribution in [1.29, 1.82) is 0 Å². The largest absolute Gasteiger partial charge is 0.508 e. The molecule has 1 amide bonds. The van der Waals surface area contributed by atoms with Gasteiger partial charge in [0, 0.05) is 42.6 Å². The highest BCUT2D eigenvalue weighted by Crippen LogP contribution is 2.42. The van der Waals surface area contributed by atoms with Crippen molar-refractivity contribution in [2.75, 3.05) is 34.0 Å². The van der Waals surface area contributed by atoms with Gasteiger partial charge in [-0.25, -0.2) is 0 Å². The van der Waals surface area contributed by atoms with E-state index >= 15 is 0 Å². The molecule has 1 atom stereocenters. The number of fused-ring (bicyclic) bond motifs is 2. The fourth-order valence-electron chi connectivity index (χ4n) is 3.62. The molecule has 0 fully saturated rings. The molecular formula is C23H24N2O6. The number of phenols is 1. The molecule has 0 unspecified atom stereocenters. The lowest BCUT2D eigenvalue weighted by Gasteiger charge is -2.19. The molecule has 0 saturated heterocycles. The first kappa shape index (κ1) is 20.7. The zero-order valence-electron chi connectivity index (χ0n) is 17.4. The summed E-state index contributed by atoms with van der Waals surface area (Å²) < 4.78 is 16.4. The molecule has 0 aliphatic carbocycles. The van der Waals surface area contributed by atoms with Gasteiger partial charge in [0.05, 0.1) is 11.6 Å². The van der Waals surface area contributed by atoms with Crippen LogP contribution < -0.4 is 20.2 Å². The number of nitrogens with one attached hydrogen (secondary N) is 1. The highest BCUT2D eigenvalue weighted by molar-refractivity contribution is 5.80. The van der Waals surface area contributed by atoms with Gasteiger partial charge in [0.15, 0.2) is 16.9 Å². The minimum Gasteiger partial charge on any atom is -0.508 e. The fourth-order valence-corrected chi connectivity index (χ4v) is 3.62. The Morgan fingerprint density at radius 1 is 1.16 bits per heavy atom. The van der Waals surface area contributed by atoms with Crippen molar-refractivity contribution in [3.8, 4) is 17.2 Å². The van der Waals surface area contributed by atoms with Gasteiger partial charge in [-0.15, -0.1) is 0 Å². The van der Waals surface area contributed by atoms with E-state index in [9.17, 15) is 14.7 Å². The third-order valence-electron chi connectivity index (χ3n) is 5.25. The molecule has 31 heavy (non-hydrogen) atoms. The average Bonchev–Trinajstić information content (AvgIpc) is 3.19. The third-order valence-corrected chi connectivity index (χ3v) is 5.25. The molecule has 2 heterocycles. The minimum atomic E-state index is -0.727. The molecule has 0 saturated carbocycles. The molecule has 2 aromatic carbocycles. The van der Waals surface area contributed by atoms with Crippen molar-refractivity contribution >= 4 is 16.9 Å². The third kappa shape index (κ3) is 4.34. The maximum Gasteiger partial charge on any atom is 0.231 e. The normalized spacial score (nSPS) is 13.5. The number of para-hydroxylation sites is 1. The van der Waals surface area contributed by atoms with Gasteiger partial charge in [0.25, 0.3) is 0 Å². The predicted octanol–water partition coefficient (Wildman–Crippen LogP) is 2.43. The molecule has 0 spiro atoms. The lowest BCUT2D eigenvalue weighted by Crippen LogP contribution is -2.32. The highest BCUT2D eigenvalue weighted by atomic mass is 16.7. The maximum absolute atomic E-state index is 13.2. The van der Waals surface area contributed by atoms with E-state index < -0.39 is 5.92 Å². The second-order valence-electron chi connectivity index (χ2n) is 7.69. The van der Waals surface area contributed by atoms with Gasteiger partial charge >= 0.3 is 0 Å². The number of amides is 1. The Bertz CT molecular complexity index is 1170. The molecule has 162 valence electrons. The number of ether oxygens (including phenoxy) is 2. The summed E-state index contributed by atoms with van der Waals surface area (Å²) in [6.07, 6.45) is 1.33. The molecule has 0 radical (unpaired) electrons. The number of hydrogen-bond donors (Lipinski definition) is 2. The summed E-state index contributed by atoms with van der Waals surface area (Å²) in [4.78, 5) is 27.9. The number of carbonyl (C=O) groups excluding carboxylic acids is 1. The van der Waals surface area contributed by atoms with Crippen LogP contribution in [0.15, 0.2) is 51.9 Å². The number of hydrogen-bond acceptors (Lipinski definition) is 7. The average molecular weight is 424 g/mol. The van der Waals surface area contributed by atoms with Crippen LogP contribution in [0.2, 0.25) is 0 Å². The SMILES string of the molecule is CN(C)CCNC(=O)C[C@H](c1cc2c(cc1O)OCO2)c1coc2ccccc2c1=O. The van der Waals surface area contributed by atoms with Crippen LogP contribution in [-0.4, -0.2) is 49.9 Å². The first-order chi connectivity index (χ1) is 14.9. The number of carbonyl (C=O) groups is 1. The number of aromatic hydroxyl groups is 1. The summed E-state index contributed by atoms with van der Waals surface area (Å²) in [6.45, 7) is 1.20. The first-order valence-corrected chi connectivity index (χ1v) is 9.98. The van der Waals surface area contributed by atoms with Crippen LogP contribution in [0.4, 0.5) is 0 Å². The first-order valence-electron chi connectivity index (χ1n) is 9.98. The van der Waals surface area contributed by atoms with Crippen molar-refractivity contribution in [1.82, 2.24) is 10.2 Å². The molecule has 3 aromatic rings. The van der Waals surface area contributed by atoms with Gasteiger partial charge in [0.1, 0.15) is 11.3 Å². The van der Waals surface area contributed by atoms with E-state index in [0.717, 1.165) is 0 Å². The summed E-state index contributed by atoms with van der Waals surface area (Å²) in [5.41, 5.74) is 0.899. The molecule has 8 nitrogen and oxygen atoms in total. The molecule has 1 aliphatic rings. The van der Waals surface area contributed by atoms with Gasteiger partial charge in [-0.3, -0.25) is 9.59 Å². The lowest BCUT2D eigenvalue weighted by atomic mass is 9.87. The summed E-state index contributed by atoms with van der Waals surface area (Å²) in [5.74, 6) is -0.175. The van der Waals surface area contributed by atoms with Crippen LogP contribution >= 0.6 is 0 Å². The zero-order valence-corrected chi connectivity index (χ0v) is 17.4. The predicted molar refractivity (Wildman–Crippen MR) is 115 cm³/mol. The van der Waals surface area contributed by atoms with Gasteiger partial charge in [-0.1, -0.05) is 12.1 Å². The van der Waals surface area contributed by atoms with Gasteiger partial charge in [0.2, 0.25) is 12.7 Å². The Balaban J connectivity index is 1.74. The molecule has 1 aliphatic heterocycles. The van der Waals surface area contributed by atoms with Crippen LogP contribution in [0.3, 0.4) is 0 Å². The van der Waals surface area contributed by atoms with Crippen molar-refractivity contribution < 1.29 is 23.8 Å². The Kier molecular flexibility index (Phi) is 5.81. The van der Waals surface area contributed by atoms with E-state index in [1.165, 1.54) is 12.3 Å². The molecule has 0 bridgehead atoms. The van der Waals surface area contributed by atoms with Crippen LogP contribution in [0.25, 0.3) is 11.0 Å². The monoisotopic (exact) mass is 424 g/mol. The molecule has 2 N–H and O–H groups in total. The Morgan fingerprint density at radius 3 is 2.68 bits per heavy atom. The van der Waals surface area contributed by atoms with Crippen LogP contribution in [0.5, 0.6) is 17.2 Å². The Labute approximate surface area is 179 Å². The van der Waals surface area contributed by atoms with Crippen LogP contribution in [0, 0.1) is 0 Å². The zero-order chi connectivity index (χ0) is 22.0. The van der Waals surface area contributed by atoms with Crippen molar-refractivity contribution in [2.24, 2.45) is 0 Å². The summed E-state index contributed by atoms with van der Waals surface area (Å²) >= 11 is 0. The molecular weight excluding hydrogens is 400 g/mol. The van der Waals surface area contributed by atoms with E-state index in [4.69, 9.17) is 13.9 Å². The maximum atomic E-state index is 13.2. The molecule has 4 rings (SSSR count). The Hall–Kier alpha value is -3.52. The van der Waals surface area contributed by atoms with E-state index in [1.54, 1.807) is 30.3 Å². The van der Waals surface area contributed by atoms with Gasteiger partial charge < -0.3 is 29.2 Å². The Morgan fingerprint density at radius 2 is 1.90 bits per heavy atom. The molecule has 8 heteroatoms. The van der Waals surface area contributed by atoms with Crippen molar-refractivity contribution in [3.63, 3.8) is 0 Å². The topological polar surface area (TPSA) is 101 Å². The van der Waals surface area contributed by atoms with E-state index in [1.807, 2.05) is 19.0 Å². The highest BCUT2D eigenvalue weighted by Gasteiger charge is 2.28. The lowest BCUT2D eigenvalue weighted by molar-refractivity contribution is -0.121. The van der Waals surface area contributed by atoms with E-state index in [2.05, 4.69) is 5.32 Å². The minimum absolute atomic E-state index is 0.0380. The standard InChI is InChI=1S/C23H24N2O6/c1-25(2)8-7-24-22(27)10-15(16-9-20-21(11-18(16)26)31-13-30-20)17-12-29-19-6-4-3-5-14(19)23(17)28/h3-6,9,11-12,15,26H,7-8,10,13H2,1-2H3,(H,24,27)/t15-/m1/s1. The fraction of sp³-hybridized carbons (Fsp3) is 0.304. The summed E-state index contributed by atoms with van der Waals surface area (Å²) in [5, 5.41) is 13.9. The smallest absolute Gasteiger partial charge is 0.231 e. The van der Waals surface area contributed by atoms with Crippen molar-refractivity contribution in [2.45, 2.75) is 12.3 Å². The van der Waals surface area contributed by atoms with E-state index in [-0.39, 0.29) is 35.9 Å². The second-order valence-corrected chi connectivity index (χ2v) is 7.69. The van der Waals surface area contributed by atoms with Crippen LogP contribution in [-0.2, 0) is 4.79 Å². The second kappa shape index (κ2) is 8.69. The van der Waals surface area contributed by atoms with Crippen molar-refractivity contribution in [3.05, 3.63) is 64.0 Å². The molecule has 1 aromatic heterocycles. The van der Waals surface area contributed by atoms with Crippen LogP contribution in [0.1, 0.15) is 23.5 Å².